The van der Waals surface area contributed by atoms with Crippen LogP contribution in [-0.2, 0) is 9.59 Å². The molecule has 30 heavy (non-hydrogen) atoms. The van der Waals surface area contributed by atoms with Crippen molar-refractivity contribution in [3.8, 4) is 0 Å². The normalized spacial score (nSPS) is 22.0. The maximum atomic E-state index is 13.3. The first kappa shape index (κ1) is 20.4. The molecule has 0 bridgehead atoms. The number of aryl methyl sites for hydroxylation is 3. The van der Waals surface area contributed by atoms with Gasteiger partial charge in [0.15, 0.2) is 0 Å². The second kappa shape index (κ2) is 8.10. The van der Waals surface area contributed by atoms with E-state index >= 15 is 0 Å². The van der Waals surface area contributed by atoms with Crippen molar-refractivity contribution < 1.29 is 14.7 Å². The third kappa shape index (κ3) is 3.45. The number of aliphatic hydroxyl groups is 1. The van der Waals surface area contributed by atoms with Crippen LogP contribution in [0.4, 0.5) is 0 Å². The summed E-state index contributed by atoms with van der Waals surface area (Å²) in [6.45, 7) is 5.86. The monoisotopic (exact) mass is 403 g/mol. The Morgan fingerprint density at radius 1 is 0.933 bits per heavy atom. The van der Waals surface area contributed by atoms with Crippen molar-refractivity contribution in [3.63, 3.8) is 0 Å². The lowest BCUT2D eigenvalue weighted by molar-refractivity contribution is -0.141. The van der Waals surface area contributed by atoms with Crippen LogP contribution in [0.1, 0.15) is 66.0 Å². The topological polar surface area (TPSA) is 57.6 Å². The highest BCUT2D eigenvalue weighted by atomic mass is 16.3. The van der Waals surface area contributed by atoms with Gasteiger partial charge in [0.2, 0.25) is 0 Å². The van der Waals surface area contributed by atoms with Crippen LogP contribution in [0.5, 0.6) is 0 Å². The van der Waals surface area contributed by atoms with Gasteiger partial charge in [0.25, 0.3) is 11.7 Å². The van der Waals surface area contributed by atoms with Crippen LogP contribution in [0.2, 0.25) is 0 Å². The van der Waals surface area contributed by atoms with E-state index in [1.54, 1.807) is 4.90 Å². The predicted octanol–water partition coefficient (Wildman–Crippen LogP) is 5.37. The van der Waals surface area contributed by atoms with Crippen molar-refractivity contribution in [2.45, 2.75) is 65.0 Å². The van der Waals surface area contributed by atoms with Gasteiger partial charge >= 0.3 is 0 Å². The molecule has 1 N–H and O–H groups in total. The van der Waals surface area contributed by atoms with Crippen LogP contribution in [0, 0.1) is 20.8 Å². The standard InChI is InChI=1S/C26H29NO3/c1-16-13-14-18(3)21(15-16)24(28)22-23(20-12-8-7-9-17(20)2)27(26(30)25(22)29)19-10-5-4-6-11-19/h7-9,12-15,19,23,28H,4-6,10-11H2,1-3H3/b24-22+. The molecule has 2 fully saturated rings. The summed E-state index contributed by atoms with van der Waals surface area (Å²) in [6.07, 6.45) is 5.09. The molecule has 1 saturated carbocycles. The molecule has 4 rings (SSSR count). The fourth-order valence-electron chi connectivity index (χ4n) is 4.92. The van der Waals surface area contributed by atoms with Gasteiger partial charge in [0.05, 0.1) is 11.6 Å². The van der Waals surface area contributed by atoms with Crippen molar-refractivity contribution in [3.05, 3.63) is 75.9 Å². The van der Waals surface area contributed by atoms with Gasteiger partial charge < -0.3 is 10.0 Å². The zero-order valence-electron chi connectivity index (χ0n) is 17.9. The number of hydrogen-bond acceptors (Lipinski definition) is 3. The lowest BCUT2D eigenvalue weighted by Crippen LogP contribution is -2.40. The first-order valence-electron chi connectivity index (χ1n) is 10.8. The lowest BCUT2D eigenvalue weighted by atomic mass is 9.89. The number of hydrogen-bond donors (Lipinski definition) is 1. The van der Waals surface area contributed by atoms with Gasteiger partial charge in [0.1, 0.15) is 5.76 Å². The molecule has 1 aliphatic carbocycles. The third-order valence-electron chi connectivity index (χ3n) is 6.58. The van der Waals surface area contributed by atoms with E-state index in [1.807, 2.05) is 63.2 Å². The molecule has 0 radical (unpaired) electrons. The first-order valence-corrected chi connectivity index (χ1v) is 10.8. The van der Waals surface area contributed by atoms with Crippen LogP contribution in [-0.4, -0.2) is 27.7 Å². The fraction of sp³-hybridized carbons (Fsp3) is 0.385. The number of nitrogens with zero attached hydrogens (tertiary/aromatic N) is 1. The van der Waals surface area contributed by atoms with E-state index in [9.17, 15) is 14.7 Å². The molecule has 1 unspecified atom stereocenters. The Morgan fingerprint density at radius 2 is 1.63 bits per heavy atom. The van der Waals surface area contributed by atoms with Gasteiger partial charge in [-0.05, 0) is 56.4 Å². The number of ketones is 1. The SMILES string of the molecule is Cc1ccc(C)c(/C(O)=C2\C(=O)C(=O)N(C3CCCCC3)C2c2ccccc2C)c1. The number of likely N-dealkylation sites (tertiary alicyclic amines) is 1. The Bertz CT molecular complexity index is 1030. The molecule has 2 aromatic rings. The van der Waals surface area contributed by atoms with Crippen LogP contribution in [0.3, 0.4) is 0 Å². The highest BCUT2D eigenvalue weighted by Crippen LogP contribution is 2.44. The zero-order chi connectivity index (χ0) is 21.4. The van der Waals surface area contributed by atoms with E-state index in [0.717, 1.165) is 54.4 Å². The maximum Gasteiger partial charge on any atom is 0.295 e. The van der Waals surface area contributed by atoms with Crippen molar-refractivity contribution in [1.82, 2.24) is 4.90 Å². The van der Waals surface area contributed by atoms with E-state index in [4.69, 9.17) is 0 Å². The molecule has 4 heteroatoms. The summed E-state index contributed by atoms with van der Waals surface area (Å²) in [5.74, 6) is -1.13. The van der Waals surface area contributed by atoms with Gasteiger partial charge in [-0.1, -0.05) is 61.2 Å². The number of amides is 1. The summed E-state index contributed by atoms with van der Waals surface area (Å²) in [7, 11) is 0. The molecule has 2 aromatic carbocycles. The van der Waals surface area contributed by atoms with Crippen molar-refractivity contribution in [2.24, 2.45) is 0 Å². The second-order valence-corrected chi connectivity index (χ2v) is 8.67. The van der Waals surface area contributed by atoms with Crippen molar-refractivity contribution in [1.29, 1.82) is 0 Å². The minimum absolute atomic E-state index is 0.0312. The molecule has 156 valence electrons. The van der Waals surface area contributed by atoms with Crippen LogP contribution < -0.4 is 0 Å². The Labute approximate surface area is 178 Å². The summed E-state index contributed by atoms with van der Waals surface area (Å²) >= 11 is 0. The Morgan fingerprint density at radius 3 is 2.33 bits per heavy atom. The maximum absolute atomic E-state index is 13.3. The number of aliphatic hydroxyl groups excluding tert-OH is 1. The highest BCUT2D eigenvalue weighted by molar-refractivity contribution is 6.46. The number of carbonyl (C=O) groups excluding carboxylic acids is 2. The number of Topliss-reactive ketones (excluding diaryl/α,β-unsaturated/α-hetero) is 1. The van der Waals surface area contributed by atoms with E-state index in [-0.39, 0.29) is 17.4 Å². The predicted molar refractivity (Wildman–Crippen MR) is 118 cm³/mol. The van der Waals surface area contributed by atoms with Gasteiger partial charge in [0, 0.05) is 11.6 Å². The zero-order valence-corrected chi connectivity index (χ0v) is 17.9. The summed E-state index contributed by atoms with van der Waals surface area (Å²) in [5, 5.41) is 11.3. The summed E-state index contributed by atoms with van der Waals surface area (Å²) in [5.41, 5.74) is 4.64. The third-order valence-corrected chi connectivity index (χ3v) is 6.58. The summed E-state index contributed by atoms with van der Waals surface area (Å²) in [6, 6.07) is 13.1. The average molecular weight is 404 g/mol. The smallest absolute Gasteiger partial charge is 0.295 e. The van der Waals surface area contributed by atoms with E-state index < -0.39 is 17.7 Å². The fourth-order valence-corrected chi connectivity index (χ4v) is 4.92. The average Bonchev–Trinajstić information content (AvgIpc) is 3.01. The highest BCUT2D eigenvalue weighted by Gasteiger charge is 2.49. The molecule has 4 nitrogen and oxygen atoms in total. The van der Waals surface area contributed by atoms with E-state index in [1.165, 1.54) is 0 Å². The van der Waals surface area contributed by atoms with Crippen LogP contribution in [0.25, 0.3) is 5.76 Å². The Balaban J connectivity index is 1.93. The van der Waals surface area contributed by atoms with Gasteiger partial charge in [-0.25, -0.2) is 0 Å². The lowest BCUT2D eigenvalue weighted by Gasteiger charge is -2.36. The first-order chi connectivity index (χ1) is 14.4. The molecular formula is C26H29NO3. The molecule has 1 amide bonds. The molecule has 2 aliphatic rings. The molecule has 1 aliphatic heterocycles. The quantitative estimate of drug-likeness (QED) is 0.426. The molecular weight excluding hydrogens is 374 g/mol. The number of carbonyl (C=O) groups is 2. The number of benzene rings is 2. The minimum Gasteiger partial charge on any atom is -0.507 e. The van der Waals surface area contributed by atoms with Crippen LogP contribution in [0.15, 0.2) is 48.0 Å². The largest absolute Gasteiger partial charge is 0.507 e. The van der Waals surface area contributed by atoms with E-state index in [2.05, 4.69) is 0 Å². The minimum atomic E-state index is -0.577. The summed E-state index contributed by atoms with van der Waals surface area (Å²) < 4.78 is 0. The van der Waals surface area contributed by atoms with Gasteiger partial charge in [-0.15, -0.1) is 0 Å². The molecule has 0 spiro atoms. The Hall–Kier alpha value is -2.88. The molecule has 0 aromatic heterocycles. The summed E-state index contributed by atoms with van der Waals surface area (Å²) in [4.78, 5) is 28.2. The van der Waals surface area contributed by atoms with Gasteiger partial charge in [-0.3, -0.25) is 9.59 Å². The van der Waals surface area contributed by atoms with Crippen LogP contribution >= 0.6 is 0 Å². The molecule has 1 heterocycles. The Kier molecular flexibility index (Phi) is 5.50. The molecule has 1 saturated heterocycles. The van der Waals surface area contributed by atoms with E-state index in [0.29, 0.717) is 5.56 Å². The number of rotatable bonds is 3. The van der Waals surface area contributed by atoms with Crippen molar-refractivity contribution in [2.75, 3.05) is 0 Å². The van der Waals surface area contributed by atoms with Crippen molar-refractivity contribution >= 4 is 17.4 Å². The molecule has 1 atom stereocenters. The second-order valence-electron chi connectivity index (χ2n) is 8.67. The van der Waals surface area contributed by atoms with Gasteiger partial charge in [-0.2, -0.15) is 0 Å².